The van der Waals surface area contributed by atoms with Gasteiger partial charge in [-0.2, -0.15) is 0 Å². The highest BCUT2D eigenvalue weighted by molar-refractivity contribution is 6.31. The zero-order chi connectivity index (χ0) is 19.3. The first-order valence-corrected chi connectivity index (χ1v) is 8.60. The Labute approximate surface area is 157 Å². The molecule has 3 atom stereocenters. The van der Waals surface area contributed by atoms with Crippen LogP contribution in [0.5, 0.6) is 0 Å². The van der Waals surface area contributed by atoms with Gasteiger partial charge >= 0.3 is 0 Å². The van der Waals surface area contributed by atoms with Gasteiger partial charge in [0.05, 0.1) is 27.1 Å². The lowest BCUT2D eigenvalue weighted by Crippen LogP contribution is -2.30. The summed E-state index contributed by atoms with van der Waals surface area (Å²) in [5, 5.41) is 25.9. The topological polar surface area (TPSA) is 98.3 Å². The summed E-state index contributed by atoms with van der Waals surface area (Å²) in [5.41, 5.74) is 0.551. The number of non-ortho nitro benzene ring substituents is 1. The van der Waals surface area contributed by atoms with Crippen LogP contribution in [0.4, 0.5) is 21.5 Å². The molecule has 0 saturated heterocycles. The van der Waals surface area contributed by atoms with Crippen molar-refractivity contribution in [1.82, 2.24) is 0 Å². The van der Waals surface area contributed by atoms with E-state index >= 15 is 0 Å². The van der Waals surface area contributed by atoms with E-state index in [4.69, 9.17) is 11.6 Å². The fourth-order valence-electron chi connectivity index (χ4n) is 4.00. The van der Waals surface area contributed by atoms with Gasteiger partial charge in [0.25, 0.3) is 11.4 Å². The number of benzene rings is 2. The summed E-state index contributed by atoms with van der Waals surface area (Å²) < 4.78 is 14.5. The molecule has 7 nitrogen and oxygen atoms in total. The summed E-state index contributed by atoms with van der Waals surface area (Å²) in [4.78, 5) is 21.5. The van der Waals surface area contributed by atoms with E-state index < -0.39 is 21.7 Å². The molecule has 1 heterocycles. The predicted octanol–water partition coefficient (Wildman–Crippen LogP) is 5.12. The molecule has 2 aliphatic rings. The van der Waals surface area contributed by atoms with Crippen molar-refractivity contribution in [3.05, 3.63) is 84.7 Å². The molecule has 138 valence electrons. The van der Waals surface area contributed by atoms with Gasteiger partial charge in [-0.25, -0.2) is 4.39 Å². The molecule has 0 saturated carbocycles. The molecule has 2 aromatic rings. The summed E-state index contributed by atoms with van der Waals surface area (Å²) in [6, 6.07) is 5.82. The number of nitro benzene ring substituents is 2. The summed E-state index contributed by atoms with van der Waals surface area (Å²) in [7, 11) is 0. The number of fused-ring (bicyclic) bond motifs is 3. The number of nitrogens with one attached hydrogen (secondary N) is 1. The van der Waals surface area contributed by atoms with Crippen LogP contribution in [0, 0.1) is 32.0 Å². The van der Waals surface area contributed by atoms with Gasteiger partial charge in [-0.15, -0.1) is 0 Å². The van der Waals surface area contributed by atoms with Gasteiger partial charge < -0.3 is 5.32 Å². The minimum atomic E-state index is -0.610. The zero-order valence-electron chi connectivity index (χ0n) is 13.8. The highest BCUT2D eigenvalue weighted by Gasteiger charge is 2.43. The molecule has 9 heteroatoms. The molecule has 1 aliphatic heterocycles. The first kappa shape index (κ1) is 17.4. The van der Waals surface area contributed by atoms with Gasteiger partial charge in [-0.3, -0.25) is 20.2 Å². The zero-order valence-corrected chi connectivity index (χ0v) is 14.5. The Bertz CT molecular complexity index is 1010. The lowest BCUT2D eigenvalue weighted by molar-refractivity contribution is -0.385. The third-order valence-electron chi connectivity index (χ3n) is 5.17. The van der Waals surface area contributed by atoms with Crippen LogP contribution in [-0.2, 0) is 0 Å². The predicted molar refractivity (Wildman–Crippen MR) is 97.5 cm³/mol. The van der Waals surface area contributed by atoms with Gasteiger partial charge in [0.15, 0.2) is 0 Å². The standard InChI is InChI=1S/C18H13ClFN3O4/c19-13-5-4-9(22(24)25)8-12(13)17-11-3-1-2-10(11)16-15(23(26)27)7-6-14(20)18(16)21-17/h1-2,4-8,10-11,17,21H,3H2. The summed E-state index contributed by atoms with van der Waals surface area (Å²) in [6.45, 7) is 0. The van der Waals surface area contributed by atoms with E-state index in [0.29, 0.717) is 22.6 Å². The van der Waals surface area contributed by atoms with Crippen molar-refractivity contribution in [3.63, 3.8) is 0 Å². The molecule has 0 fully saturated rings. The summed E-state index contributed by atoms with van der Waals surface area (Å²) >= 11 is 6.29. The number of hydrogen-bond acceptors (Lipinski definition) is 5. The highest BCUT2D eigenvalue weighted by atomic mass is 35.5. The monoisotopic (exact) mass is 389 g/mol. The van der Waals surface area contributed by atoms with E-state index in [-0.39, 0.29) is 28.9 Å². The largest absolute Gasteiger partial charge is 0.375 e. The summed E-state index contributed by atoms with van der Waals surface area (Å²) in [5.74, 6) is -1.16. The van der Waals surface area contributed by atoms with Gasteiger partial charge in [0.2, 0.25) is 0 Å². The maximum Gasteiger partial charge on any atom is 0.275 e. The molecule has 0 amide bonds. The Morgan fingerprint density at radius 1 is 1.15 bits per heavy atom. The molecular formula is C18H13ClFN3O4. The molecule has 1 aliphatic carbocycles. The fraction of sp³-hybridized carbons (Fsp3) is 0.222. The van der Waals surface area contributed by atoms with Crippen LogP contribution in [0.1, 0.15) is 29.5 Å². The van der Waals surface area contributed by atoms with Crippen molar-refractivity contribution in [1.29, 1.82) is 0 Å². The number of hydrogen-bond donors (Lipinski definition) is 1. The second-order valence-corrected chi connectivity index (χ2v) is 6.96. The third kappa shape index (κ3) is 2.73. The molecule has 4 rings (SSSR count). The lowest BCUT2D eigenvalue weighted by atomic mass is 9.76. The quantitative estimate of drug-likeness (QED) is 0.446. The average molecular weight is 390 g/mol. The highest BCUT2D eigenvalue weighted by Crippen LogP contribution is 2.54. The third-order valence-corrected chi connectivity index (χ3v) is 5.51. The van der Waals surface area contributed by atoms with Crippen LogP contribution in [0.2, 0.25) is 5.02 Å². The Balaban J connectivity index is 1.89. The first-order chi connectivity index (χ1) is 12.9. The van der Waals surface area contributed by atoms with E-state index in [1.54, 1.807) is 0 Å². The minimum absolute atomic E-state index is 0.0459. The first-order valence-electron chi connectivity index (χ1n) is 8.22. The molecule has 0 bridgehead atoms. The SMILES string of the molecule is O=[N+]([O-])c1ccc(Cl)c(C2Nc3c(F)ccc([N+](=O)[O-])c3C3C=CCC32)c1. The smallest absolute Gasteiger partial charge is 0.275 e. The van der Waals surface area contributed by atoms with Crippen LogP contribution in [0.3, 0.4) is 0 Å². The fourth-order valence-corrected chi connectivity index (χ4v) is 4.24. The molecule has 0 aromatic heterocycles. The lowest BCUT2D eigenvalue weighted by Gasteiger charge is -2.37. The second kappa shape index (κ2) is 6.31. The maximum atomic E-state index is 14.5. The number of allylic oxidation sites excluding steroid dienone is 2. The number of anilines is 1. The van der Waals surface area contributed by atoms with Crippen LogP contribution in [0.25, 0.3) is 0 Å². The molecule has 1 N–H and O–H groups in total. The van der Waals surface area contributed by atoms with E-state index in [2.05, 4.69) is 5.32 Å². The minimum Gasteiger partial charge on any atom is -0.375 e. The van der Waals surface area contributed by atoms with Crippen LogP contribution >= 0.6 is 11.6 Å². The van der Waals surface area contributed by atoms with Crippen molar-refractivity contribution in [3.8, 4) is 0 Å². The van der Waals surface area contributed by atoms with E-state index in [1.807, 2.05) is 12.2 Å². The summed E-state index contributed by atoms with van der Waals surface area (Å²) in [6.07, 6.45) is 4.31. The molecule has 27 heavy (non-hydrogen) atoms. The normalized spacial score (nSPS) is 22.7. The number of nitrogens with zero attached hydrogens (tertiary/aromatic N) is 2. The van der Waals surface area contributed by atoms with Crippen LogP contribution in [-0.4, -0.2) is 9.85 Å². The molecule has 3 unspecified atom stereocenters. The molecular weight excluding hydrogens is 377 g/mol. The van der Waals surface area contributed by atoms with Crippen molar-refractivity contribution < 1.29 is 14.2 Å². The molecule has 0 radical (unpaired) electrons. The van der Waals surface area contributed by atoms with Gasteiger partial charge in [0.1, 0.15) is 5.82 Å². The number of halogens is 2. The second-order valence-electron chi connectivity index (χ2n) is 6.55. The molecule has 0 spiro atoms. The Morgan fingerprint density at radius 2 is 1.93 bits per heavy atom. The van der Waals surface area contributed by atoms with Crippen molar-refractivity contribution in [2.24, 2.45) is 5.92 Å². The number of nitro groups is 2. The van der Waals surface area contributed by atoms with Crippen LogP contribution in [0.15, 0.2) is 42.5 Å². The Kier molecular flexibility index (Phi) is 4.07. The molecule has 2 aromatic carbocycles. The van der Waals surface area contributed by atoms with E-state index in [0.717, 1.165) is 6.07 Å². The van der Waals surface area contributed by atoms with Crippen LogP contribution < -0.4 is 5.32 Å². The van der Waals surface area contributed by atoms with E-state index in [1.165, 1.54) is 24.3 Å². The Morgan fingerprint density at radius 3 is 2.63 bits per heavy atom. The van der Waals surface area contributed by atoms with Crippen molar-refractivity contribution >= 4 is 28.7 Å². The van der Waals surface area contributed by atoms with Gasteiger partial charge in [0, 0.05) is 34.7 Å². The maximum absolute atomic E-state index is 14.5. The van der Waals surface area contributed by atoms with E-state index in [9.17, 15) is 24.6 Å². The van der Waals surface area contributed by atoms with Crippen molar-refractivity contribution in [2.75, 3.05) is 5.32 Å². The number of rotatable bonds is 3. The van der Waals surface area contributed by atoms with Crippen molar-refractivity contribution in [2.45, 2.75) is 18.4 Å². The Hall–Kier alpha value is -3.00. The average Bonchev–Trinajstić information content (AvgIpc) is 3.11. The van der Waals surface area contributed by atoms with Gasteiger partial charge in [-0.05, 0) is 24.5 Å². The van der Waals surface area contributed by atoms with Gasteiger partial charge in [-0.1, -0.05) is 23.8 Å².